The maximum atomic E-state index is 11.6. The van der Waals surface area contributed by atoms with Gasteiger partial charge in [0.15, 0.2) is 11.9 Å². The molecule has 2 aromatic rings. The summed E-state index contributed by atoms with van der Waals surface area (Å²) in [6.07, 6.45) is 0.890. The molecule has 0 bridgehead atoms. The smallest absolute Gasteiger partial charge is 0.323 e. The number of aromatic nitrogens is 1. The monoisotopic (exact) mass is 291 g/mol. The van der Waals surface area contributed by atoms with Gasteiger partial charge in [-0.2, -0.15) is 0 Å². The summed E-state index contributed by atoms with van der Waals surface area (Å²) in [5.74, 6) is 0.792. The van der Waals surface area contributed by atoms with E-state index >= 15 is 0 Å². The molecule has 0 spiro atoms. The first-order valence-electron chi connectivity index (χ1n) is 6.36. The van der Waals surface area contributed by atoms with Crippen molar-refractivity contribution in [2.75, 3.05) is 12.0 Å². The van der Waals surface area contributed by atoms with E-state index in [1.807, 2.05) is 36.6 Å². The summed E-state index contributed by atoms with van der Waals surface area (Å²) >= 11 is 1.39. The number of amides is 2. The number of anilines is 1. The molecule has 1 heterocycles. The maximum Gasteiger partial charge on any atom is 0.323 e. The lowest BCUT2D eigenvalue weighted by molar-refractivity contribution is 0.234. The van der Waals surface area contributed by atoms with Gasteiger partial charge in [-0.05, 0) is 25.0 Å². The fourth-order valence-electron chi connectivity index (χ4n) is 1.67. The third-order valence-electron chi connectivity index (χ3n) is 2.65. The van der Waals surface area contributed by atoms with Gasteiger partial charge in [-0.15, -0.1) is 11.3 Å². The quantitative estimate of drug-likeness (QED) is 0.832. The van der Waals surface area contributed by atoms with E-state index < -0.39 is 0 Å². The summed E-state index contributed by atoms with van der Waals surface area (Å²) in [5.41, 5.74) is 2.00. The number of para-hydroxylation sites is 1. The van der Waals surface area contributed by atoms with Crippen LogP contribution in [-0.2, 0) is 6.42 Å². The third-order valence-corrected chi connectivity index (χ3v) is 3.53. The zero-order valence-corrected chi connectivity index (χ0v) is 12.3. The molecule has 0 aliphatic heterocycles. The molecule has 20 heavy (non-hydrogen) atoms. The number of aryl methyl sites for hydroxylation is 2. The second-order valence-electron chi connectivity index (χ2n) is 4.17. The van der Waals surface area contributed by atoms with E-state index in [9.17, 15) is 4.79 Å². The molecule has 1 aromatic heterocycles. The van der Waals surface area contributed by atoms with Gasteiger partial charge in [-0.1, -0.05) is 25.1 Å². The molecular weight excluding hydrogens is 274 g/mol. The topological polar surface area (TPSA) is 63.2 Å². The molecule has 0 radical (unpaired) electrons. The number of carbonyl (C=O) groups excluding carboxylic acids is 1. The number of ether oxygens (including phenoxy) is 1. The van der Waals surface area contributed by atoms with E-state index in [1.165, 1.54) is 11.3 Å². The van der Waals surface area contributed by atoms with Gasteiger partial charge in [0.25, 0.3) is 0 Å². The number of carbonyl (C=O) groups is 1. The number of nitrogens with zero attached hydrogens (tertiary/aromatic N) is 1. The van der Waals surface area contributed by atoms with E-state index in [1.54, 1.807) is 0 Å². The Morgan fingerprint density at radius 3 is 2.90 bits per heavy atom. The van der Waals surface area contributed by atoms with Gasteiger partial charge in [-0.25, -0.2) is 9.78 Å². The second kappa shape index (κ2) is 6.91. The zero-order chi connectivity index (χ0) is 14.4. The Hall–Kier alpha value is -2.08. The molecule has 2 N–H and O–H groups in total. The predicted octanol–water partition coefficient (Wildman–Crippen LogP) is 3.17. The Labute approximate surface area is 122 Å². The van der Waals surface area contributed by atoms with Crippen LogP contribution in [0.5, 0.6) is 5.75 Å². The van der Waals surface area contributed by atoms with Crippen LogP contribution in [0.4, 0.5) is 9.93 Å². The summed E-state index contributed by atoms with van der Waals surface area (Å²) < 4.78 is 5.55. The molecule has 1 aromatic carbocycles. The Morgan fingerprint density at radius 2 is 2.20 bits per heavy atom. The van der Waals surface area contributed by atoms with Crippen LogP contribution in [0.15, 0.2) is 29.6 Å². The van der Waals surface area contributed by atoms with Crippen molar-refractivity contribution in [3.63, 3.8) is 0 Å². The molecule has 0 saturated heterocycles. The van der Waals surface area contributed by atoms with Crippen LogP contribution < -0.4 is 15.4 Å². The minimum atomic E-state index is -0.326. The number of urea groups is 1. The number of thiazole rings is 1. The lowest BCUT2D eigenvalue weighted by Gasteiger charge is -2.11. The number of hydrogen-bond donors (Lipinski definition) is 2. The molecule has 0 saturated carbocycles. The fraction of sp³-hybridized carbons (Fsp3) is 0.286. The minimum absolute atomic E-state index is 0.118. The van der Waals surface area contributed by atoms with E-state index in [4.69, 9.17) is 4.74 Å². The van der Waals surface area contributed by atoms with Crippen molar-refractivity contribution in [2.45, 2.75) is 20.3 Å². The molecule has 0 unspecified atom stereocenters. The van der Waals surface area contributed by atoms with Crippen LogP contribution in [0, 0.1) is 6.92 Å². The Bertz CT molecular complexity index is 583. The maximum absolute atomic E-state index is 11.6. The molecule has 6 heteroatoms. The van der Waals surface area contributed by atoms with E-state index in [0.717, 1.165) is 23.4 Å². The Kier molecular flexibility index (Phi) is 4.95. The van der Waals surface area contributed by atoms with Gasteiger partial charge in [-0.3, -0.25) is 5.32 Å². The van der Waals surface area contributed by atoms with Crippen molar-refractivity contribution < 1.29 is 9.53 Å². The van der Waals surface area contributed by atoms with Crippen LogP contribution in [0.2, 0.25) is 0 Å². The Morgan fingerprint density at radius 1 is 1.40 bits per heavy atom. The summed E-state index contributed by atoms with van der Waals surface area (Å²) in [5, 5.41) is 7.75. The highest BCUT2D eigenvalue weighted by Crippen LogP contribution is 2.17. The average molecular weight is 291 g/mol. The van der Waals surface area contributed by atoms with Gasteiger partial charge < -0.3 is 10.1 Å². The van der Waals surface area contributed by atoms with E-state index in [2.05, 4.69) is 22.5 Å². The van der Waals surface area contributed by atoms with E-state index in [-0.39, 0.29) is 12.8 Å². The van der Waals surface area contributed by atoms with Gasteiger partial charge in [0.2, 0.25) is 0 Å². The number of hydrogen-bond acceptors (Lipinski definition) is 4. The van der Waals surface area contributed by atoms with Gasteiger partial charge in [0.05, 0.1) is 5.69 Å². The zero-order valence-electron chi connectivity index (χ0n) is 11.5. The molecular formula is C14H17N3O2S. The summed E-state index contributed by atoms with van der Waals surface area (Å²) in [6.45, 7) is 4.06. The largest absolute Gasteiger partial charge is 0.473 e. The second-order valence-corrected chi connectivity index (χ2v) is 5.03. The molecule has 106 valence electrons. The van der Waals surface area contributed by atoms with Crippen molar-refractivity contribution in [1.29, 1.82) is 0 Å². The SMILES string of the molecule is CCc1ccccc1OCNC(=O)Nc1nc(C)cs1. The molecule has 2 amide bonds. The van der Waals surface area contributed by atoms with Crippen LogP contribution in [-0.4, -0.2) is 17.7 Å². The lowest BCUT2D eigenvalue weighted by atomic mass is 10.1. The third kappa shape index (κ3) is 3.96. The van der Waals surface area contributed by atoms with Crippen LogP contribution in [0.1, 0.15) is 18.2 Å². The van der Waals surface area contributed by atoms with Crippen molar-refractivity contribution in [1.82, 2.24) is 10.3 Å². The van der Waals surface area contributed by atoms with Crippen molar-refractivity contribution in [3.05, 3.63) is 40.9 Å². The van der Waals surface area contributed by atoms with Gasteiger partial charge in [0, 0.05) is 5.38 Å². The fourth-order valence-corrected chi connectivity index (χ4v) is 2.35. The first-order valence-corrected chi connectivity index (χ1v) is 7.24. The molecule has 2 rings (SSSR count). The van der Waals surface area contributed by atoms with Crippen molar-refractivity contribution in [3.8, 4) is 5.75 Å². The molecule has 5 nitrogen and oxygen atoms in total. The summed E-state index contributed by atoms with van der Waals surface area (Å²) in [4.78, 5) is 15.8. The van der Waals surface area contributed by atoms with Crippen LogP contribution in [0.25, 0.3) is 0 Å². The highest BCUT2D eigenvalue weighted by molar-refractivity contribution is 7.13. The predicted molar refractivity (Wildman–Crippen MR) is 80.3 cm³/mol. The minimum Gasteiger partial charge on any atom is -0.473 e. The molecule has 0 atom stereocenters. The summed E-state index contributed by atoms with van der Waals surface area (Å²) in [6, 6.07) is 7.45. The number of benzene rings is 1. The highest BCUT2D eigenvalue weighted by Gasteiger charge is 2.05. The first-order chi connectivity index (χ1) is 9.69. The standard InChI is InChI=1S/C14H17N3O2S/c1-3-11-6-4-5-7-12(11)19-9-15-13(18)17-14-16-10(2)8-20-14/h4-8H,3,9H2,1-2H3,(H2,15,16,17,18). The van der Waals surface area contributed by atoms with Crippen LogP contribution >= 0.6 is 11.3 Å². The highest BCUT2D eigenvalue weighted by atomic mass is 32.1. The van der Waals surface area contributed by atoms with Crippen molar-refractivity contribution in [2.24, 2.45) is 0 Å². The normalized spacial score (nSPS) is 10.1. The number of rotatable bonds is 5. The van der Waals surface area contributed by atoms with Gasteiger partial charge in [0.1, 0.15) is 5.75 Å². The van der Waals surface area contributed by atoms with E-state index in [0.29, 0.717) is 5.13 Å². The molecule has 0 fully saturated rings. The summed E-state index contributed by atoms with van der Waals surface area (Å²) in [7, 11) is 0. The molecule has 0 aliphatic rings. The molecule has 0 aliphatic carbocycles. The number of nitrogens with one attached hydrogen (secondary N) is 2. The Balaban J connectivity index is 1.79. The lowest BCUT2D eigenvalue weighted by Crippen LogP contribution is -2.32. The van der Waals surface area contributed by atoms with Crippen LogP contribution in [0.3, 0.4) is 0 Å². The van der Waals surface area contributed by atoms with Crippen molar-refractivity contribution >= 4 is 22.5 Å². The van der Waals surface area contributed by atoms with Gasteiger partial charge >= 0.3 is 6.03 Å². The average Bonchev–Trinajstić information content (AvgIpc) is 2.84. The first kappa shape index (κ1) is 14.3.